The van der Waals surface area contributed by atoms with Crippen LogP contribution in [-0.2, 0) is 18.3 Å². The number of nitrogens with zero attached hydrogens (tertiary/aromatic N) is 5. The fourth-order valence-electron chi connectivity index (χ4n) is 3.22. The van der Waals surface area contributed by atoms with Crippen molar-refractivity contribution in [3.63, 3.8) is 0 Å². The molecule has 26 heavy (non-hydrogen) atoms. The predicted molar refractivity (Wildman–Crippen MR) is 96.0 cm³/mol. The van der Waals surface area contributed by atoms with Gasteiger partial charge in [0.1, 0.15) is 12.0 Å². The summed E-state index contributed by atoms with van der Waals surface area (Å²) in [4.78, 5) is 21.3. The molecule has 3 heterocycles. The van der Waals surface area contributed by atoms with Crippen molar-refractivity contribution in [1.29, 1.82) is 0 Å². The van der Waals surface area contributed by atoms with Crippen molar-refractivity contribution in [3.05, 3.63) is 41.8 Å². The van der Waals surface area contributed by atoms with Gasteiger partial charge in [0.05, 0.1) is 30.8 Å². The van der Waals surface area contributed by atoms with Crippen molar-refractivity contribution in [1.82, 2.24) is 19.6 Å². The third-order valence-electron chi connectivity index (χ3n) is 4.64. The molecule has 1 fully saturated rings. The van der Waals surface area contributed by atoms with E-state index in [9.17, 15) is 4.79 Å². The molecule has 1 amide bonds. The minimum atomic E-state index is -0.0755. The number of carbonyl (C=O) groups is 1. The molecule has 3 aromatic rings. The summed E-state index contributed by atoms with van der Waals surface area (Å²) in [6, 6.07) is 7.39. The zero-order valence-electron chi connectivity index (χ0n) is 14.9. The molecule has 4 rings (SSSR count). The maximum atomic E-state index is 12.7. The lowest BCUT2D eigenvalue weighted by molar-refractivity contribution is 0.0782. The van der Waals surface area contributed by atoms with Crippen LogP contribution in [0.15, 0.2) is 35.1 Å². The Labute approximate surface area is 150 Å². The molecule has 136 valence electrons. The Bertz CT molecular complexity index is 912. The lowest BCUT2D eigenvalue weighted by Gasteiger charge is -2.27. The van der Waals surface area contributed by atoms with E-state index in [0.29, 0.717) is 25.3 Å². The van der Waals surface area contributed by atoms with Crippen LogP contribution in [0.5, 0.6) is 0 Å². The first-order valence-electron chi connectivity index (χ1n) is 8.57. The highest BCUT2D eigenvalue weighted by molar-refractivity contribution is 5.97. The second-order valence-electron chi connectivity index (χ2n) is 6.43. The molecule has 8 heteroatoms. The molecule has 0 radical (unpaired) electrons. The van der Waals surface area contributed by atoms with Gasteiger partial charge in [-0.25, -0.2) is 4.98 Å². The number of benzene rings is 1. The zero-order chi connectivity index (χ0) is 18.1. The van der Waals surface area contributed by atoms with E-state index in [0.717, 1.165) is 35.8 Å². The highest BCUT2D eigenvalue weighted by atomic mass is 16.5. The van der Waals surface area contributed by atoms with E-state index in [1.807, 2.05) is 25.2 Å². The fraction of sp³-hybridized carbons (Fsp3) is 0.389. The Morgan fingerprint density at radius 2 is 2.08 bits per heavy atom. The second-order valence-corrected chi connectivity index (χ2v) is 6.43. The van der Waals surface area contributed by atoms with Crippen molar-refractivity contribution in [3.8, 4) is 0 Å². The molecule has 0 unspecified atom stereocenters. The van der Waals surface area contributed by atoms with Crippen LogP contribution in [0.3, 0.4) is 0 Å². The number of fused-ring (bicyclic) bond motifs is 1. The van der Waals surface area contributed by atoms with Crippen LogP contribution in [-0.4, -0.2) is 58.9 Å². The Morgan fingerprint density at radius 3 is 2.81 bits per heavy atom. The molecular weight excluding hydrogens is 334 g/mol. The molecule has 1 aliphatic rings. The molecule has 0 atom stereocenters. The van der Waals surface area contributed by atoms with Gasteiger partial charge in [-0.05, 0) is 18.2 Å². The van der Waals surface area contributed by atoms with Crippen LogP contribution >= 0.6 is 0 Å². The number of ether oxygens (including phenoxy) is 1. The largest absolute Gasteiger partial charge is 0.378 e. The SMILES string of the molecule is CN(Cc1ccon1)C(=O)c1ccc2c(c1)nc(N1CCOCC1)n2C. The molecule has 0 spiro atoms. The maximum Gasteiger partial charge on any atom is 0.254 e. The highest BCUT2D eigenvalue weighted by Gasteiger charge is 2.19. The van der Waals surface area contributed by atoms with E-state index in [-0.39, 0.29) is 5.91 Å². The predicted octanol–water partition coefficient (Wildman–Crippen LogP) is 1.67. The van der Waals surface area contributed by atoms with Gasteiger partial charge in [-0.1, -0.05) is 5.16 Å². The minimum absolute atomic E-state index is 0.0755. The number of imidazole rings is 1. The number of aryl methyl sites for hydroxylation is 1. The Balaban J connectivity index is 1.59. The number of hydrogen-bond donors (Lipinski definition) is 0. The second kappa shape index (κ2) is 6.80. The first kappa shape index (κ1) is 16.6. The third-order valence-corrected chi connectivity index (χ3v) is 4.64. The normalized spacial score (nSPS) is 14.8. The topological polar surface area (TPSA) is 76.6 Å². The third kappa shape index (κ3) is 3.03. The number of hydrogen-bond acceptors (Lipinski definition) is 6. The average Bonchev–Trinajstić information content (AvgIpc) is 3.29. The van der Waals surface area contributed by atoms with Gasteiger partial charge in [0, 0.05) is 38.8 Å². The van der Waals surface area contributed by atoms with E-state index < -0.39 is 0 Å². The zero-order valence-corrected chi connectivity index (χ0v) is 14.9. The highest BCUT2D eigenvalue weighted by Crippen LogP contribution is 2.23. The molecule has 0 N–H and O–H groups in total. The molecule has 0 bridgehead atoms. The van der Waals surface area contributed by atoms with Crippen molar-refractivity contribution in [2.24, 2.45) is 7.05 Å². The summed E-state index contributed by atoms with van der Waals surface area (Å²) >= 11 is 0. The number of aromatic nitrogens is 3. The van der Waals surface area contributed by atoms with Crippen LogP contribution in [0, 0.1) is 0 Å². The summed E-state index contributed by atoms with van der Waals surface area (Å²) < 4.78 is 12.3. The summed E-state index contributed by atoms with van der Waals surface area (Å²) in [6.45, 7) is 3.46. The van der Waals surface area contributed by atoms with Crippen LogP contribution in [0.1, 0.15) is 16.1 Å². The van der Waals surface area contributed by atoms with Gasteiger partial charge in [0.2, 0.25) is 5.95 Å². The molecule has 0 saturated carbocycles. The van der Waals surface area contributed by atoms with E-state index >= 15 is 0 Å². The molecular formula is C18H21N5O3. The quantitative estimate of drug-likeness (QED) is 0.709. The molecule has 1 aliphatic heterocycles. The van der Waals surface area contributed by atoms with E-state index in [1.54, 1.807) is 18.0 Å². The first-order valence-corrected chi connectivity index (χ1v) is 8.57. The number of amides is 1. The average molecular weight is 355 g/mol. The van der Waals surface area contributed by atoms with Crippen molar-refractivity contribution >= 4 is 22.9 Å². The lowest BCUT2D eigenvalue weighted by Crippen LogP contribution is -2.37. The minimum Gasteiger partial charge on any atom is -0.378 e. The van der Waals surface area contributed by atoms with Gasteiger partial charge >= 0.3 is 0 Å². The van der Waals surface area contributed by atoms with Gasteiger partial charge in [-0.2, -0.15) is 0 Å². The van der Waals surface area contributed by atoms with E-state index in [2.05, 4.69) is 14.6 Å². The number of rotatable bonds is 4. The van der Waals surface area contributed by atoms with Crippen LogP contribution < -0.4 is 4.90 Å². The van der Waals surface area contributed by atoms with Crippen molar-refractivity contribution in [2.75, 3.05) is 38.3 Å². The fourth-order valence-corrected chi connectivity index (χ4v) is 3.22. The smallest absolute Gasteiger partial charge is 0.254 e. The Hall–Kier alpha value is -2.87. The van der Waals surface area contributed by atoms with Gasteiger partial charge in [-0.3, -0.25) is 4.79 Å². The monoisotopic (exact) mass is 355 g/mol. The summed E-state index contributed by atoms with van der Waals surface area (Å²) in [5.41, 5.74) is 3.14. The Morgan fingerprint density at radius 1 is 1.27 bits per heavy atom. The molecule has 1 saturated heterocycles. The summed E-state index contributed by atoms with van der Waals surface area (Å²) in [5, 5.41) is 3.85. The molecule has 0 aliphatic carbocycles. The van der Waals surface area contributed by atoms with Crippen LogP contribution in [0.4, 0.5) is 5.95 Å². The molecule has 8 nitrogen and oxygen atoms in total. The number of morpholine rings is 1. The molecule has 1 aromatic carbocycles. The molecule has 2 aromatic heterocycles. The van der Waals surface area contributed by atoms with Crippen LogP contribution in [0.25, 0.3) is 11.0 Å². The summed E-state index contributed by atoms with van der Waals surface area (Å²) in [7, 11) is 3.75. The first-order chi connectivity index (χ1) is 12.6. The maximum absolute atomic E-state index is 12.7. The standard InChI is InChI=1S/C18H21N5O3/c1-21(12-14-5-8-26-20-14)17(24)13-3-4-16-15(11-13)19-18(22(16)2)23-6-9-25-10-7-23/h3-5,8,11H,6-7,9-10,12H2,1-2H3. The van der Waals surface area contributed by atoms with Crippen molar-refractivity contribution < 1.29 is 14.1 Å². The number of anilines is 1. The summed E-state index contributed by atoms with van der Waals surface area (Å²) in [6.07, 6.45) is 1.50. The Kier molecular flexibility index (Phi) is 4.34. The van der Waals surface area contributed by atoms with Gasteiger partial charge in [-0.15, -0.1) is 0 Å². The van der Waals surface area contributed by atoms with Gasteiger partial charge < -0.3 is 23.6 Å². The van der Waals surface area contributed by atoms with Crippen molar-refractivity contribution in [2.45, 2.75) is 6.54 Å². The van der Waals surface area contributed by atoms with E-state index in [1.165, 1.54) is 6.26 Å². The number of carbonyl (C=O) groups excluding carboxylic acids is 1. The van der Waals surface area contributed by atoms with E-state index in [4.69, 9.17) is 14.2 Å². The van der Waals surface area contributed by atoms with Gasteiger partial charge in [0.25, 0.3) is 5.91 Å². The lowest BCUT2D eigenvalue weighted by atomic mass is 10.1. The van der Waals surface area contributed by atoms with Gasteiger partial charge in [0.15, 0.2) is 0 Å². The summed E-state index contributed by atoms with van der Waals surface area (Å²) in [5.74, 6) is 0.831. The van der Waals surface area contributed by atoms with Crippen LogP contribution in [0.2, 0.25) is 0 Å².